The van der Waals surface area contributed by atoms with Gasteiger partial charge in [-0.25, -0.2) is 9.18 Å². The monoisotopic (exact) mass is 395 g/mol. The number of H-pyrrole nitrogens is 1. The van der Waals surface area contributed by atoms with Crippen LogP contribution in [0.1, 0.15) is 10.4 Å². The lowest BCUT2D eigenvalue weighted by molar-refractivity contribution is -0.192. The Balaban J connectivity index is 0.000000345. The number of carboxylic acids is 1. The van der Waals surface area contributed by atoms with Crippen LogP contribution < -0.4 is 5.73 Å². The molecule has 0 fully saturated rings. The SMILES string of the molecule is NC(=O)c1ccc(-c2cn[nH]c2-c2ccc(F)cc2)cc1.O=C(O)C(F)(F)F. The van der Waals surface area contributed by atoms with E-state index in [0.29, 0.717) is 5.56 Å². The van der Waals surface area contributed by atoms with Gasteiger partial charge in [-0.15, -0.1) is 0 Å². The molecule has 0 spiro atoms. The molecular formula is C18H13F4N3O3. The van der Waals surface area contributed by atoms with Crippen molar-refractivity contribution in [3.63, 3.8) is 0 Å². The van der Waals surface area contributed by atoms with Crippen LogP contribution >= 0.6 is 0 Å². The van der Waals surface area contributed by atoms with Gasteiger partial charge in [-0.2, -0.15) is 18.3 Å². The molecule has 3 aromatic rings. The predicted molar refractivity (Wildman–Crippen MR) is 91.6 cm³/mol. The number of hydrogen-bond donors (Lipinski definition) is 3. The number of aromatic nitrogens is 2. The van der Waals surface area contributed by atoms with Gasteiger partial charge in [0.05, 0.1) is 11.9 Å². The van der Waals surface area contributed by atoms with Crippen LogP contribution in [0.25, 0.3) is 22.4 Å². The molecule has 0 aliphatic heterocycles. The Morgan fingerprint density at radius 2 is 1.46 bits per heavy atom. The number of halogens is 4. The summed E-state index contributed by atoms with van der Waals surface area (Å²) in [5.41, 5.74) is 9.07. The van der Waals surface area contributed by atoms with E-state index >= 15 is 0 Å². The van der Waals surface area contributed by atoms with E-state index in [4.69, 9.17) is 15.6 Å². The highest BCUT2D eigenvalue weighted by atomic mass is 19.4. The molecule has 0 unspecified atom stereocenters. The third-order valence-electron chi connectivity index (χ3n) is 3.50. The van der Waals surface area contributed by atoms with Crippen LogP contribution in [0.2, 0.25) is 0 Å². The summed E-state index contributed by atoms with van der Waals surface area (Å²) in [6.07, 6.45) is -3.39. The molecule has 6 nitrogen and oxygen atoms in total. The Morgan fingerprint density at radius 3 is 1.93 bits per heavy atom. The molecule has 28 heavy (non-hydrogen) atoms. The molecular weight excluding hydrogens is 382 g/mol. The van der Waals surface area contributed by atoms with Gasteiger partial charge in [-0.05, 0) is 42.0 Å². The molecule has 0 aliphatic rings. The van der Waals surface area contributed by atoms with Crippen LogP contribution in [0.15, 0.2) is 54.7 Å². The number of carbonyl (C=O) groups excluding carboxylic acids is 1. The fourth-order valence-corrected chi connectivity index (χ4v) is 2.16. The Hall–Kier alpha value is -3.69. The van der Waals surface area contributed by atoms with Gasteiger partial charge in [0, 0.05) is 16.7 Å². The molecule has 10 heteroatoms. The maximum Gasteiger partial charge on any atom is 0.490 e. The number of hydrogen-bond acceptors (Lipinski definition) is 3. The van der Waals surface area contributed by atoms with Gasteiger partial charge < -0.3 is 10.8 Å². The van der Waals surface area contributed by atoms with E-state index in [2.05, 4.69) is 10.2 Å². The first-order valence-electron chi connectivity index (χ1n) is 7.59. The van der Waals surface area contributed by atoms with Gasteiger partial charge in [0.2, 0.25) is 5.91 Å². The van der Waals surface area contributed by atoms with Crippen LogP contribution in [0.3, 0.4) is 0 Å². The zero-order valence-electron chi connectivity index (χ0n) is 14.0. The van der Waals surface area contributed by atoms with E-state index in [9.17, 15) is 22.4 Å². The van der Waals surface area contributed by atoms with Gasteiger partial charge in [0.1, 0.15) is 5.82 Å². The van der Waals surface area contributed by atoms with Crippen molar-refractivity contribution in [1.82, 2.24) is 10.2 Å². The van der Waals surface area contributed by atoms with Gasteiger partial charge in [-0.1, -0.05) is 12.1 Å². The average molecular weight is 395 g/mol. The molecule has 0 atom stereocenters. The van der Waals surface area contributed by atoms with Crippen molar-refractivity contribution in [3.05, 3.63) is 66.1 Å². The maximum absolute atomic E-state index is 13.0. The van der Waals surface area contributed by atoms with Crippen LogP contribution in [-0.2, 0) is 4.79 Å². The molecule has 4 N–H and O–H groups in total. The van der Waals surface area contributed by atoms with Crippen molar-refractivity contribution >= 4 is 11.9 Å². The fraction of sp³-hybridized carbons (Fsp3) is 0.0556. The van der Waals surface area contributed by atoms with Gasteiger partial charge in [0.15, 0.2) is 0 Å². The first kappa shape index (κ1) is 20.6. The second kappa shape index (κ2) is 8.33. The highest BCUT2D eigenvalue weighted by Gasteiger charge is 2.38. The average Bonchev–Trinajstić information content (AvgIpc) is 3.12. The Labute approximate surface area is 155 Å². The van der Waals surface area contributed by atoms with E-state index < -0.39 is 18.1 Å². The summed E-state index contributed by atoms with van der Waals surface area (Å²) in [4.78, 5) is 20.0. The minimum absolute atomic E-state index is 0.286. The molecule has 1 amide bonds. The molecule has 0 bridgehead atoms. The number of aromatic amines is 1. The van der Waals surface area contributed by atoms with Crippen molar-refractivity contribution in [2.45, 2.75) is 6.18 Å². The molecule has 1 heterocycles. The molecule has 146 valence electrons. The van der Waals surface area contributed by atoms with E-state index in [1.807, 2.05) is 0 Å². The van der Waals surface area contributed by atoms with E-state index in [-0.39, 0.29) is 5.82 Å². The first-order chi connectivity index (χ1) is 13.1. The lowest BCUT2D eigenvalue weighted by atomic mass is 10.0. The summed E-state index contributed by atoms with van der Waals surface area (Å²) in [5.74, 6) is -3.51. The third kappa shape index (κ3) is 5.16. The van der Waals surface area contributed by atoms with Crippen LogP contribution in [0, 0.1) is 5.82 Å². The van der Waals surface area contributed by atoms with E-state index in [1.165, 1.54) is 12.1 Å². The molecule has 0 aliphatic carbocycles. The first-order valence-corrected chi connectivity index (χ1v) is 7.59. The number of nitrogens with two attached hydrogens (primary N) is 1. The standard InChI is InChI=1S/C16H12FN3O.C2HF3O2/c17-13-7-5-11(6-8-13)15-14(9-19-20-15)10-1-3-12(4-2-10)16(18)21;3-2(4,5)1(6)7/h1-9H,(H2,18,21)(H,19,20);(H,6,7). The smallest absolute Gasteiger partial charge is 0.475 e. The number of amides is 1. The largest absolute Gasteiger partial charge is 0.490 e. The van der Waals surface area contributed by atoms with E-state index in [1.54, 1.807) is 42.6 Å². The lowest BCUT2D eigenvalue weighted by Gasteiger charge is -2.04. The summed E-state index contributed by atoms with van der Waals surface area (Å²) < 4.78 is 44.7. The van der Waals surface area contributed by atoms with Crippen LogP contribution in [-0.4, -0.2) is 33.4 Å². The summed E-state index contributed by atoms with van der Waals surface area (Å²) in [6.45, 7) is 0. The second-order valence-corrected chi connectivity index (χ2v) is 5.41. The minimum Gasteiger partial charge on any atom is -0.475 e. The quantitative estimate of drug-likeness (QED) is 0.589. The highest BCUT2D eigenvalue weighted by molar-refractivity contribution is 5.93. The third-order valence-corrected chi connectivity index (χ3v) is 3.50. The molecule has 0 saturated heterocycles. The van der Waals surface area contributed by atoms with Gasteiger partial charge >= 0.3 is 12.1 Å². The van der Waals surface area contributed by atoms with Gasteiger partial charge in [0.25, 0.3) is 0 Å². The van der Waals surface area contributed by atoms with Crippen LogP contribution in [0.5, 0.6) is 0 Å². The number of rotatable bonds is 3. The Bertz CT molecular complexity index is 965. The van der Waals surface area contributed by atoms with Gasteiger partial charge in [-0.3, -0.25) is 9.89 Å². The van der Waals surface area contributed by atoms with Crippen molar-refractivity contribution < 1.29 is 32.3 Å². The second-order valence-electron chi connectivity index (χ2n) is 5.41. The predicted octanol–water partition coefficient (Wildman–Crippen LogP) is 3.62. The number of nitrogens with one attached hydrogen (secondary N) is 1. The van der Waals surface area contributed by atoms with Crippen molar-refractivity contribution in [3.8, 4) is 22.4 Å². The van der Waals surface area contributed by atoms with Crippen molar-refractivity contribution in [2.75, 3.05) is 0 Å². The normalized spacial score (nSPS) is 10.7. The Morgan fingerprint density at radius 1 is 0.964 bits per heavy atom. The molecule has 0 saturated carbocycles. The number of primary amides is 1. The molecule has 3 rings (SSSR count). The zero-order chi connectivity index (χ0) is 20.9. The van der Waals surface area contributed by atoms with Crippen molar-refractivity contribution in [2.24, 2.45) is 5.73 Å². The minimum atomic E-state index is -5.08. The number of alkyl halides is 3. The molecule has 0 radical (unpaired) electrons. The summed E-state index contributed by atoms with van der Waals surface area (Å²) in [6, 6.07) is 13.1. The summed E-state index contributed by atoms with van der Waals surface area (Å²) in [5, 5.41) is 14.1. The fourth-order valence-electron chi connectivity index (χ4n) is 2.16. The summed E-state index contributed by atoms with van der Waals surface area (Å²) in [7, 11) is 0. The number of aliphatic carboxylic acids is 1. The van der Waals surface area contributed by atoms with E-state index in [0.717, 1.165) is 22.4 Å². The number of benzene rings is 2. The van der Waals surface area contributed by atoms with Crippen LogP contribution in [0.4, 0.5) is 17.6 Å². The lowest BCUT2D eigenvalue weighted by Crippen LogP contribution is -2.21. The topological polar surface area (TPSA) is 109 Å². The van der Waals surface area contributed by atoms with Crippen molar-refractivity contribution in [1.29, 1.82) is 0 Å². The maximum atomic E-state index is 13.0. The molecule has 1 aromatic heterocycles. The molecule has 2 aromatic carbocycles. The zero-order valence-corrected chi connectivity index (χ0v) is 14.0. The number of carboxylic acid groups (broad SMARTS) is 1. The number of nitrogens with zero attached hydrogens (tertiary/aromatic N) is 1. The summed E-state index contributed by atoms with van der Waals surface area (Å²) >= 11 is 0. The Kier molecular flexibility index (Phi) is 6.14. The number of carbonyl (C=O) groups is 2. The highest BCUT2D eigenvalue weighted by Crippen LogP contribution is 2.30.